The van der Waals surface area contributed by atoms with Crippen molar-refractivity contribution in [2.45, 2.75) is 0 Å². The molecule has 7 nitrogen and oxygen atoms in total. The molecule has 0 radical (unpaired) electrons. The molecule has 20 heavy (non-hydrogen) atoms. The van der Waals surface area contributed by atoms with Gasteiger partial charge in [-0.05, 0) is 18.2 Å². The van der Waals surface area contributed by atoms with Crippen LogP contribution in [-0.4, -0.2) is 39.9 Å². The standard InChI is InChI=1S/C12H12N4O3.ClH/c1-16(12(13)14)10(17)9-5-7-6(11(18)19)3-2-4-8(7)15-9;/h2-5,15H,1H3,(H3,13,14)(H,18,19);1H. The van der Waals surface area contributed by atoms with Crippen molar-refractivity contribution in [2.24, 2.45) is 5.73 Å². The van der Waals surface area contributed by atoms with Crippen LogP contribution in [0.4, 0.5) is 0 Å². The minimum absolute atomic E-state index is 0. The molecule has 0 spiro atoms. The number of H-pyrrole nitrogens is 1. The van der Waals surface area contributed by atoms with Crippen LogP contribution in [0.15, 0.2) is 24.3 Å². The van der Waals surface area contributed by atoms with Gasteiger partial charge in [0.1, 0.15) is 5.69 Å². The first-order valence-corrected chi connectivity index (χ1v) is 5.39. The number of nitrogens with zero attached hydrogens (tertiary/aromatic N) is 1. The van der Waals surface area contributed by atoms with Crippen molar-refractivity contribution in [3.63, 3.8) is 0 Å². The Morgan fingerprint density at radius 2 is 2.05 bits per heavy atom. The lowest BCUT2D eigenvalue weighted by Gasteiger charge is -2.12. The molecule has 0 saturated heterocycles. The summed E-state index contributed by atoms with van der Waals surface area (Å²) < 4.78 is 0. The van der Waals surface area contributed by atoms with Crippen molar-refractivity contribution >= 4 is 41.1 Å². The number of carboxylic acid groups (broad SMARTS) is 1. The zero-order valence-corrected chi connectivity index (χ0v) is 11.3. The largest absolute Gasteiger partial charge is 0.478 e. The SMILES string of the molecule is CN(C(=N)N)C(=O)c1cc2c(C(=O)O)cccc2[nH]1.Cl. The molecule has 2 rings (SSSR count). The highest BCUT2D eigenvalue weighted by molar-refractivity contribution is 6.09. The van der Waals surface area contributed by atoms with Crippen molar-refractivity contribution < 1.29 is 14.7 Å². The van der Waals surface area contributed by atoms with Gasteiger partial charge < -0.3 is 15.8 Å². The molecule has 0 unspecified atom stereocenters. The minimum atomic E-state index is -1.07. The van der Waals surface area contributed by atoms with Crippen LogP contribution in [0.25, 0.3) is 10.9 Å². The molecule has 0 aliphatic rings. The fourth-order valence-corrected chi connectivity index (χ4v) is 1.75. The lowest BCUT2D eigenvalue weighted by atomic mass is 10.1. The Bertz CT molecular complexity index is 695. The number of nitrogens with two attached hydrogens (primary N) is 1. The van der Waals surface area contributed by atoms with Crippen LogP contribution in [0.5, 0.6) is 0 Å². The second kappa shape index (κ2) is 5.62. The predicted octanol–water partition coefficient (Wildman–Crippen LogP) is 1.25. The average molecular weight is 297 g/mol. The molecule has 2 aromatic rings. The maximum absolute atomic E-state index is 12.0. The molecule has 8 heteroatoms. The van der Waals surface area contributed by atoms with E-state index in [-0.39, 0.29) is 29.6 Å². The zero-order chi connectivity index (χ0) is 14.2. The smallest absolute Gasteiger partial charge is 0.336 e. The first-order chi connectivity index (χ1) is 8.91. The van der Waals surface area contributed by atoms with Crippen LogP contribution in [0.1, 0.15) is 20.8 Å². The molecule has 0 aliphatic heterocycles. The molecule has 0 atom stereocenters. The maximum atomic E-state index is 12.0. The molecule has 0 saturated carbocycles. The van der Waals surface area contributed by atoms with Gasteiger partial charge in [0.2, 0.25) is 0 Å². The first kappa shape index (κ1) is 15.5. The normalized spacial score (nSPS) is 9.85. The van der Waals surface area contributed by atoms with E-state index >= 15 is 0 Å². The van der Waals surface area contributed by atoms with Gasteiger partial charge in [0.25, 0.3) is 5.91 Å². The van der Waals surface area contributed by atoms with E-state index in [4.69, 9.17) is 16.2 Å². The highest BCUT2D eigenvalue weighted by atomic mass is 35.5. The van der Waals surface area contributed by atoms with Gasteiger partial charge in [-0.25, -0.2) is 4.79 Å². The highest BCUT2D eigenvalue weighted by Crippen LogP contribution is 2.20. The van der Waals surface area contributed by atoms with E-state index in [2.05, 4.69) is 4.98 Å². The molecular formula is C12H13ClN4O3. The van der Waals surface area contributed by atoms with Gasteiger partial charge in [0.15, 0.2) is 5.96 Å². The van der Waals surface area contributed by atoms with Crippen molar-refractivity contribution in [1.82, 2.24) is 9.88 Å². The third kappa shape index (κ3) is 2.57. The molecule has 0 aliphatic carbocycles. The van der Waals surface area contributed by atoms with Crippen molar-refractivity contribution in [2.75, 3.05) is 7.05 Å². The average Bonchev–Trinajstić information content (AvgIpc) is 2.79. The van der Waals surface area contributed by atoms with Crippen LogP contribution in [-0.2, 0) is 0 Å². The minimum Gasteiger partial charge on any atom is -0.478 e. The van der Waals surface area contributed by atoms with Crippen LogP contribution >= 0.6 is 12.4 Å². The molecule has 1 aromatic carbocycles. The number of hydrogen-bond acceptors (Lipinski definition) is 3. The van der Waals surface area contributed by atoms with E-state index in [1.165, 1.54) is 19.2 Å². The molecule has 1 aromatic heterocycles. The third-order valence-corrected chi connectivity index (χ3v) is 2.79. The van der Waals surface area contributed by atoms with E-state index in [0.29, 0.717) is 10.9 Å². The molecular weight excluding hydrogens is 284 g/mol. The number of aromatic amines is 1. The lowest BCUT2D eigenvalue weighted by molar-refractivity contribution is 0.0698. The molecule has 0 fully saturated rings. The van der Waals surface area contributed by atoms with Crippen LogP contribution in [0.2, 0.25) is 0 Å². The fraction of sp³-hybridized carbons (Fsp3) is 0.0833. The number of amides is 1. The number of carboxylic acids is 1. The molecule has 5 N–H and O–H groups in total. The number of benzene rings is 1. The van der Waals surface area contributed by atoms with Gasteiger partial charge in [-0.15, -0.1) is 12.4 Å². The molecule has 1 amide bonds. The summed E-state index contributed by atoms with van der Waals surface area (Å²) in [5.41, 5.74) is 6.06. The van der Waals surface area contributed by atoms with Gasteiger partial charge in [0.05, 0.1) is 5.56 Å². The summed E-state index contributed by atoms with van der Waals surface area (Å²) in [6.07, 6.45) is 0. The molecule has 1 heterocycles. The Hall–Kier alpha value is -2.54. The summed E-state index contributed by atoms with van der Waals surface area (Å²) in [6, 6.07) is 6.17. The van der Waals surface area contributed by atoms with E-state index in [1.807, 2.05) is 0 Å². The van der Waals surface area contributed by atoms with Gasteiger partial charge in [-0.2, -0.15) is 0 Å². The predicted molar refractivity (Wildman–Crippen MR) is 76.5 cm³/mol. The summed E-state index contributed by atoms with van der Waals surface area (Å²) in [5, 5.41) is 16.7. The number of hydrogen-bond donors (Lipinski definition) is 4. The summed E-state index contributed by atoms with van der Waals surface area (Å²) >= 11 is 0. The second-order valence-electron chi connectivity index (χ2n) is 4.00. The number of nitrogens with one attached hydrogen (secondary N) is 2. The quantitative estimate of drug-likeness (QED) is 0.492. The number of aromatic carboxylic acids is 1. The van der Waals surface area contributed by atoms with E-state index in [9.17, 15) is 9.59 Å². The van der Waals surface area contributed by atoms with Crippen molar-refractivity contribution in [3.05, 3.63) is 35.5 Å². The van der Waals surface area contributed by atoms with Gasteiger partial charge in [-0.1, -0.05) is 6.07 Å². The first-order valence-electron chi connectivity index (χ1n) is 5.39. The highest BCUT2D eigenvalue weighted by Gasteiger charge is 2.18. The third-order valence-electron chi connectivity index (χ3n) is 2.79. The number of carbonyl (C=O) groups excluding carboxylic acids is 1. The topological polar surface area (TPSA) is 123 Å². The van der Waals surface area contributed by atoms with Crippen molar-refractivity contribution in [3.8, 4) is 0 Å². The molecule has 106 valence electrons. The van der Waals surface area contributed by atoms with Crippen LogP contribution in [0.3, 0.4) is 0 Å². The maximum Gasteiger partial charge on any atom is 0.336 e. The number of guanidine groups is 1. The lowest BCUT2D eigenvalue weighted by Crippen LogP contribution is -2.38. The van der Waals surface area contributed by atoms with Crippen LogP contribution in [0, 0.1) is 5.41 Å². The van der Waals surface area contributed by atoms with E-state index < -0.39 is 11.9 Å². The Balaban J connectivity index is 0.00000200. The fourth-order valence-electron chi connectivity index (χ4n) is 1.75. The number of rotatable bonds is 2. The summed E-state index contributed by atoms with van der Waals surface area (Å²) in [5.74, 6) is -1.95. The van der Waals surface area contributed by atoms with Gasteiger partial charge >= 0.3 is 5.97 Å². The number of aromatic nitrogens is 1. The second-order valence-corrected chi connectivity index (χ2v) is 4.00. The summed E-state index contributed by atoms with van der Waals surface area (Å²) in [7, 11) is 1.37. The van der Waals surface area contributed by atoms with Gasteiger partial charge in [-0.3, -0.25) is 15.1 Å². The van der Waals surface area contributed by atoms with E-state index in [1.54, 1.807) is 12.1 Å². The Morgan fingerprint density at radius 1 is 1.40 bits per heavy atom. The Labute approximate surface area is 120 Å². The Morgan fingerprint density at radius 3 is 2.60 bits per heavy atom. The zero-order valence-electron chi connectivity index (χ0n) is 10.5. The number of carbonyl (C=O) groups is 2. The van der Waals surface area contributed by atoms with Gasteiger partial charge in [0, 0.05) is 18.0 Å². The van der Waals surface area contributed by atoms with Crippen LogP contribution < -0.4 is 5.73 Å². The van der Waals surface area contributed by atoms with E-state index in [0.717, 1.165) is 4.90 Å². The Kier molecular flexibility index (Phi) is 4.36. The number of fused-ring (bicyclic) bond motifs is 1. The summed E-state index contributed by atoms with van der Waals surface area (Å²) in [4.78, 5) is 26.8. The van der Waals surface area contributed by atoms with Crippen molar-refractivity contribution in [1.29, 1.82) is 5.41 Å². The monoisotopic (exact) mass is 296 g/mol. The molecule has 0 bridgehead atoms. The summed E-state index contributed by atoms with van der Waals surface area (Å²) in [6.45, 7) is 0. The number of halogens is 1.